The summed E-state index contributed by atoms with van der Waals surface area (Å²) in [6.07, 6.45) is 0.324. The Hall–Kier alpha value is -4.38. The number of aryl methyl sites for hydroxylation is 2. The first kappa shape index (κ1) is 24.3. The first-order chi connectivity index (χ1) is 18.1. The van der Waals surface area contributed by atoms with E-state index in [1.807, 2.05) is 54.6 Å². The Morgan fingerprint density at radius 3 is 2.24 bits per heavy atom. The second-order valence-corrected chi connectivity index (χ2v) is 9.25. The number of para-hydroxylation sites is 3. The smallest absolute Gasteiger partial charge is 0.224 e. The quantitative estimate of drug-likeness (QED) is 0.266. The molecule has 0 unspecified atom stereocenters. The van der Waals surface area contributed by atoms with Crippen molar-refractivity contribution >= 4 is 16.9 Å². The van der Waals surface area contributed by atoms with Crippen molar-refractivity contribution in [2.75, 3.05) is 6.61 Å². The zero-order valence-electron chi connectivity index (χ0n) is 21.3. The van der Waals surface area contributed by atoms with Gasteiger partial charge in [-0.15, -0.1) is 0 Å². The predicted molar refractivity (Wildman–Crippen MR) is 149 cm³/mol. The molecular formula is C32H31N3O2. The van der Waals surface area contributed by atoms with Crippen molar-refractivity contribution in [1.82, 2.24) is 14.9 Å². The van der Waals surface area contributed by atoms with Crippen LogP contribution in [-0.2, 0) is 24.3 Å². The molecule has 186 valence electrons. The van der Waals surface area contributed by atoms with E-state index in [0.29, 0.717) is 26.1 Å². The number of amides is 1. The van der Waals surface area contributed by atoms with Crippen LogP contribution in [0.25, 0.3) is 22.2 Å². The molecule has 1 amide bonds. The fourth-order valence-corrected chi connectivity index (χ4v) is 4.65. The molecule has 0 spiro atoms. The molecule has 0 bridgehead atoms. The summed E-state index contributed by atoms with van der Waals surface area (Å²) in [7, 11) is 0. The van der Waals surface area contributed by atoms with Crippen molar-refractivity contribution in [3.05, 3.63) is 120 Å². The largest absolute Gasteiger partial charge is 0.491 e. The van der Waals surface area contributed by atoms with Crippen LogP contribution in [0.5, 0.6) is 5.75 Å². The van der Waals surface area contributed by atoms with E-state index in [2.05, 4.69) is 66.2 Å². The van der Waals surface area contributed by atoms with Gasteiger partial charge in [0.2, 0.25) is 5.91 Å². The van der Waals surface area contributed by atoms with Gasteiger partial charge in [0.1, 0.15) is 18.2 Å². The summed E-state index contributed by atoms with van der Waals surface area (Å²) < 4.78 is 8.29. The van der Waals surface area contributed by atoms with Crippen LogP contribution in [0.15, 0.2) is 97.1 Å². The Morgan fingerprint density at radius 1 is 0.811 bits per heavy atom. The van der Waals surface area contributed by atoms with Crippen LogP contribution < -0.4 is 10.1 Å². The summed E-state index contributed by atoms with van der Waals surface area (Å²) in [5.41, 5.74) is 7.48. The fourth-order valence-electron chi connectivity index (χ4n) is 4.65. The van der Waals surface area contributed by atoms with Gasteiger partial charge >= 0.3 is 0 Å². The number of hydrogen-bond acceptors (Lipinski definition) is 3. The number of hydrogen-bond donors (Lipinski definition) is 1. The van der Waals surface area contributed by atoms with Gasteiger partial charge in [0, 0.05) is 0 Å². The van der Waals surface area contributed by atoms with E-state index in [1.165, 1.54) is 5.56 Å². The Balaban J connectivity index is 1.23. The Bertz CT molecular complexity index is 1480. The number of imidazole rings is 1. The van der Waals surface area contributed by atoms with E-state index in [1.54, 1.807) is 0 Å². The normalized spacial score (nSPS) is 11.0. The maximum atomic E-state index is 12.8. The summed E-state index contributed by atoms with van der Waals surface area (Å²) in [6, 6.07) is 32.6. The number of benzene rings is 4. The molecule has 1 N–H and O–H groups in total. The molecular weight excluding hydrogens is 458 g/mol. The predicted octanol–water partition coefficient (Wildman–Crippen LogP) is 6.26. The summed E-state index contributed by atoms with van der Waals surface area (Å²) in [4.78, 5) is 17.6. The third-order valence-electron chi connectivity index (χ3n) is 6.57. The van der Waals surface area contributed by atoms with E-state index in [-0.39, 0.29) is 5.91 Å². The van der Waals surface area contributed by atoms with Crippen molar-refractivity contribution in [3.8, 4) is 16.9 Å². The highest BCUT2D eigenvalue weighted by molar-refractivity contribution is 5.79. The van der Waals surface area contributed by atoms with Crippen LogP contribution in [0.2, 0.25) is 0 Å². The number of nitrogens with zero attached hydrogens (tertiary/aromatic N) is 2. The molecule has 0 aliphatic carbocycles. The lowest BCUT2D eigenvalue weighted by molar-refractivity contribution is -0.120. The van der Waals surface area contributed by atoms with Gasteiger partial charge < -0.3 is 14.6 Å². The number of rotatable bonds is 9. The van der Waals surface area contributed by atoms with Crippen molar-refractivity contribution in [2.24, 2.45) is 0 Å². The zero-order valence-corrected chi connectivity index (χ0v) is 21.3. The van der Waals surface area contributed by atoms with Crippen molar-refractivity contribution in [3.63, 3.8) is 0 Å². The number of ether oxygens (including phenoxy) is 1. The SMILES string of the molecule is Cc1cccc(C)c1OCCn1c(CNC(=O)Cc2ccc(-c3ccccc3)cc2)nc2ccccc21. The summed E-state index contributed by atoms with van der Waals surface area (Å²) in [6.45, 7) is 5.64. The highest BCUT2D eigenvalue weighted by Crippen LogP contribution is 2.23. The lowest BCUT2D eigenvalue weighted by Crippen LogP contribution is -2.26. The lowest BCUT2D eigenvalue weighted by atomic mass is 10.0. The maximum absolute atomic E-state index is 12.8. The third kappa shape index (κ3) is 5.72. The van der Waals surface area contributed by atoms with Gasteiger partial charge in [-0.25, -0.2) is 4.98 Å². The van der Waals surface area contributed by atoms with Crippen LogP contribution in [0.1, 0.15) is 22.5 Å². The monoisotopic (exact) mass is 489 g/mol. The number of carbonyl (C=O) groups is 1. The van der Waals surface area contributed by atoms with Crippen molar-refractivity contribution < 1.29 is 9.53 Å². The fraction of sp³-hybridized carbons (Fsp3) is 0.188. The minimum atomic E-state index is -0.0298. The average molecular weight is 490 g/mol. The molecule has 0 radical (unpaired) electrons. The molecule has 0 aliphatic rings. The van der Waals surface area contributed by atoms with Crippen LogP contribution in [-0.4, -0.2) is 22.1 Å². The van der Waals surface area contributed by atoms with Gasteiger partial charge in [0.05, 0.1) is 30.5 Å². The number of nitrogens with one attached hydrogen (secondary N) is 1. The first-order valence-corrected chi connectivity index (χ1v) is 12.6. The second-order valence-electron chi connectivity index (χ2n) is 9.25. The number of fused-ring (bicyclic) bond motifs is 1. The zero-order chi connectivity index (χ0) is 25.6. The molecule has 5 aromatic rings. The molecule has 1 heterocycles. The van der Waals surface area contributed by atoms with Crippen LogP contribution >= 0.6 is 0 Å². The molecule has 0 saturated heterocycles. The Kier molecular flexibility index (Phi) is 7.31. The van der Waals surface area contributed by atoms with Crippen molar-refractivity contribution in [1.29, 1.82) is 0 Å². The second kappa shape index (κ2) is 11.1. The van der Waals surface area contributed by atoms with Crippen molar-refractivity contribution in [2.45, 2.75) is 33.4 Å². The molecule has 1 aromatic heterocycles. The standard InChI is InChI=1S/C32H31N3O2/c1-23-9-8-10-24(2)32(23)37-20-19-35-29-14-7-6-13-28(29)34-30(35)22-33-31(36)21-25-15-17-27(18-16-25)26-11-4-3-5-12-26/h3-18H,19-22H2,1-2H3,(H,33,36). The summed E-state index contributed by atoms with van der Waals surface area (Å²) in [5, 5.41) is 3.06. The lowest BCUT2D eigenvalue weighted by Gasteiger charge is -2.14. The van der Waals surface area contributed by atoms with Gasteiger partial charge in [-0.05, 0) is 53.8 Å². The van der Waals surface area contributed by atoms with Crippen LogP contribution in [0, 0.1) is 13.8 Å². The molecule has 5 rings (SSSR count). The number of aromatic nitrogens is 2. The van der Waals surface area contributed by atoms with Crippen LogP contribution in [0.3, 0.4) is 0 Å². The highest BCUT2D eigenvalue weighted by atomic mass is 16.5. The highest BCUT2D eigenvalue weighted by Gasteiger charge is 2.13. The Morgan fingerprint density at radius 2 is 1.49 bits per heavy atom. The third-order valence-corrected chi connectivity index (χ3v) is 6.57. The van der Waals surface area contributed by atoms with Gasteiger partial charge in [0.25, 0.3) is 0 Å². The molecule has 0 aliphatic heterocycles. The van der Waals surface area contributed by atoms with E-state index in [4.69, 9.17) is 9.72 Å². The minimum Gasteiger partial charge on any atom is -0.491 e. The van der Waals surface area contributed by atoms with Crippen LogP contribution in [0.4, 0.5) is 0 Å². The molecule has 37 heavy (non-hydrogen) atoms. The molecule has 0 fully saturated rings. The number of carbonyl (C=O) groups excluding carboxylic acids is 1. The van der Waals surface area contributed by atoms with E-state index in [0.717, 1.165) is 44.9 Å². The molecule has 0 atom stereocenters. The molecule has 5 nitrogen and oxygen atoms in total. The van der Waals surface area contributed by atoms with Gasteiger partial charge in [-0.1, -0.05) is 84.9 Å². The first-order valence-electron chi connectivity index (χ1n) is 12.6. The minimum absolute atomic E-state index is 0.0298. The van der Waals surface area contributed by atoms with Gasteiger partial charge in [-0.2, -0.15) is 0 Å². The van der Waals surface area contributed by atoms with Gasteiger partial charge in [0.15, 0.2) is 0 Å². The van der Waals surface area contributed by atoms with E-state index in [9.17, 15) is 4.79 Å². The average Bonchev–Trinajstić information content (AvgIpc) is 3.27. The van der Waals surface area contributed by atoms with E-state index >= 15 is 0 Å². The Labute approximate surface area is 217 Å². The van der Waals surface area contributed by atoms with Gasteiger partial charge in [-0.3, -0.25) is 4.79 Å². The summed E-state index contributed by atoms with van der Waals surface area (Å²) >= 11 is 0. The molecule has 5 heteroatoms. The molecule has 4 aromatic carbocycles. The van der Waals surface area contributed by atoms with E-state index < -0.39 is 0 Å². The molecule has 0 saturated carbocycles. The maximum Gasteiger partial charge on any atom is 0.224 e. The topological polar surface area (TPSA) is 56.1 Å². The summed E-state index contributed by atoms with van der Waals surface area (Å²) in [5.74, 6) is 1.72.